The molecular weight excluding hydrogens is 343 g/mol. The van der Waals surface area contributed by atoms with Gasteiger partial charge in [-0.25, -0.2) is 8.42 Å². The Kier molecular flexibility index (Phi) is 5.01. The van der Waals surface area contributed by atoms with Crippen molar-refractivity contribution in [2.45, 2.75) is 23.5 Å². The fourth-order valence-corrected chi connectivity index (χ4v) is 6.15. The van der Waals surface area contributed by atoms with Crippen molar-refractivity contribution in [1.29, 1.82) is 0 Å². The molecule has 0 amide bonds. The van der Waals surface area contributed by atoms with Crippen molar-refractivity contribution in [3.63, 3.8) is 0 Å². The second-order valence-electron chi connectivity index (χ2n) is 5.07. The molecule has 1 saturated heterocycles. The second-order valence-corrected chi connectivity index (χ2v) is 9.21. The minimum atomic E-state index is -3.74. The zero-order valence-electron chi connectivity index (χ0n) is 11.1. The Bertz CT molecular complexity index is 588. The van der Waals surface area contributed by atoms with Gasteiger partial charge in [-0.1, -0.05) is 23.2 Å². The van der Waals surface area contributed by atoms with Gasteiger partial charge in [-0.05, 0) is 26.6 Å². The summed E-state index contributed by atoms with van der Waals surface area (Å²) in [5, 5.41) is 9.79. The number of rotatable bonds is 4. The predicted molar refractivity (Wildman–Crippen MR) is 81.2 cm³/mol. The van der Waals surface area contributed by atoms with Gasteiger partial charge in [-0.3, -0.25) is 0 Å². The normalized spacial score (nSPS) is 24.7. The lowest BCUT2D eigenvalue weighted by atomic mass is 10.2. The lowest BCUT2D eigenvalue weighted by molar-refractivity contribution is 0.188. The molecule has 1 aliphatic heterocycles. The van der Waals surface area contributed by atoms with Crippen LogP contribution in [-0.4, -0.2) is 62.1 Å². The van der Waals surface area contributed by atoms with E-state index in [0.717, 1.165) is 11.3 Å². The topological polar surface area (TPSA) is 60.9 Å². The molecule has 2 rings (SSSR count). The average Bonchev–Trinajstić information content (AvgIpc) is 2.81. The largest absolute Gasteiger partial charge is 0.392 e. The van der Waals surface area contributed by atoms with E-state index in [4.69, 9.17) is 23.2 Å². The zero-order valence-corrected chi connectivity index (χ0v) is 14.2. The van der Waals surface area contributed by atoms with Crippen LogP contribution in [-0.2, 0) is 10.0 Å². The minimum absolute atomic E-state index is 0.0204. The number of nitrogens with zero attached hydrogens (tertiary/aromatic N) is 2. The fourth-order valence-electron chi connectivity index (χ4n) is 2.37. The number of sulfonamides is 1. The average molecular weight is 359 g/mol. The maximum Gasteiger partial charge on any atom is 0.245 e. The molecule has 9 heteroatoms. The van der Waals surface area contributed by atoms with Crippen LogP contribution in [0.5, 0.6) is 0 Å². The fraction of sp³-hybridized carbons (Fsp3) is 0.636. The van der Waals surface area contributed by atoms with Crippen molar-refractivity contribution >= 4 is 44.6 Å². The number of halogens is 2. The Hall–Kier alpha value is 0.110. The molecule has 0 saturated carbocycles. The van der Waals surface area contributed by atoms with E-state index < -0.39 is 16.1 Å². The first-order valence-electron chi connectivity index (χ1n) is 6.01. The minimum Gasteiger partial charge on any atom is -0.392 e. The highest BCUT2D eigenvalue weighted by Gasteiger charge is 2.41. The Morgan fingerprint density at radius 1 is 1.50 bits per heavy atom. The van der Waals surface area contributed by atoms with Crippen molar-refractivity contribution in [1.82, 2.24) is 9.21 Å². The molecule has 1 aromatic heterocycles. The molecule has 0 aliphatic carbocycles. The Balaban J connectivity index is 2.34. The first kappa shape index (κ1) is 16.5. The van der Waals surface area contributed by atoms with Crippen molar-refractivity contribution in [3.05, 3.63) is 14.7 Å². The Morgan fingerprint density at radius 2 is 2.15 bits per heavy atom. The SMILES string of the molecule is CN(C)CC1CC(O)CN1S(=O)(=O)c1cc(Cl)sc1Cl. The summed E-state index contributed by atoms with van der Waals surface area (Å²) in [5.41, 5.74) is 0. The second kappa shape index (κ2) is 6.08. The highest BCUT2D eigenvalue weighted by Crippen LogP contribution is 2.37. The quantitative estimate of drug-likeness (QED) is 0.890. The van der Waals surface area contributed by atoms with E-state index in [0.29, 0.717) is 17.3 Å². The molecule has 0 spiro atoms. The summed E-state index contributed by atoms with van der Waals surface area (Å²) in [7, 11) is -0.00552. The summed E-state index contributed by atoms with van der Waals surface area (Å²) < 4.78 is 27.1. The van der Waals surface area contributed by atoms with Crippen LogP contribution >= 0.6 is 34.5 Å². The van der Waals surface area contributed by atoms with Gasteiger partial charge in [0.2, 0.25) is 10.0 Å². The number of hydrogen-bond acceptors (Lipinski definition) is 5. The van der Waals surface area contributed by atoms with Crippen molar-refractivity contribution in [2.24, 2.45) is 0 Å². The van der Waals surface area contributed by atoms with Gasteiger partial charge < -0.3 is 10.0 Å². The van der Waals surface area contributed by atoms with E-state index in [1.165, 1.54) is 10.4 Å². The van der Waals surface area contributed by atoms with Crippen LogP contribution < -0.4 is 0 Å². The summed E-state index contributed by atoms with van der Waals surface area (Å²) in [5.74, 6) is 0. The third-order valence-electron chi connectivity index (χ3n) is 3.13. The summed E-state index contributed by atoms with van der Waals surface area (Å²) in [6, 6.07) is 1.10. The monoisotopic (exact) mass is 358 g/mol. The maximum atomic E-state index is 12.7. The number of aliphatic hydroxyl groups excluding tert-OH is 1. The first-order valence-corrected chi connectivity index (χ1v) is 9.02. The summed E-state index contributed by atoms with van der Waals surface area (Å²) in [6.45, 7) is 0.635. The number of likely N-dealkylation sites (N-methyl/N-ethyl adjacent to an activating group) is 1. The molecular formula is C11H16Cl2N2O3S2. The predicted octanol–water partition coefficient (Wildman–Crippen LogP) is 1.74. The maximum absolute atomic E-state index is 12.7. The lowest BCUT2D eigenvalue weighted by Crippen LogP contribution is -2.41. The van der Waals surface area contributed by atoms with Gasteiger partial charge in [-0.15, -0.1) is 11.3 Å². The van der Waals surface area contributed by atoms with Gasteiger partial charge in [0.15, 0.2) is 0 Å². The molecule has 0 bridgehead atoms. The van der Waals surface area contributed by atoms with E-state index in [1.807, 2.05) is 19.0 Å². The molecule has 0 radical (unpaired) electrons. The van der Waals surface area contributed by atoms with Gasteiger partial charge in [0.25, 0.3) is 0 Å². The van der Waals surface area contributed by atoms with Crippen molar-refractivity contribution in [2.75, 3.05) is 27.2 Å². The standard InChI is InChI=1S/C11H16Cl2N2O3S2/c1-14(2)5-7-3-8(16)6-15(7)20(17,18)9-4-10(12)19-11(9)13/h4,7-8,16H,3,5-6H2,1-2H3. The van der Waals surface area contributed by atoms with Gasteiger partial charge >= 0.3 is 0 Å². The molecule has 1 fully saturated rings. The first-order chi connectivity index (χ1) is 9.21. The zero-order chi connectivity index (χ0) is 15.1. The molecule has 1 aliphatic rings. The summed E-state index contributed by atoms with van der Waals surface area (Å²) in [4.78, 5) is 1.92. The molecule has 20 heavy (non-hydrogen) atoms. The van der Waals surface area contributed by atoms with Crippen LogP contribution in [0.25, 0.3) is 0 Å². The molecule has 2 atom stereocenters. The third-order valence-corrected chi connectivity index (χ3v) is 6.80. The Labute approximate surface area is 132 Å². The molecule has 114 valence electrons. The molecule has 0 aromatic carbocycles. The van der Waals surface area contributed by atoms with Gasteiger partial charge in [0.05, 0.1) is 10.4 Å². The summed E-state index contributed by atoms with van der Waals surface area (Å²) in [6.07, 6.45) is -0.227. The molecule has 5 nitrogen and oxygen atoms in total. The number of thiophene rings is 1. The van der Waals surface area contributed by atoms with Crippen molar-refractivity contribution < 1.29 is 13.5 Å². The van der Waals surface area contributed by atoms with E-state index in [1.54, 1.807) is 0 Å². The van der Waals surface area contributed by atoms with E-state index in [9.17, 15) is 13.5 Å². The molecule has 1 N–H and O–H groups in total. The Morgan fingerprint density at radius 3 is 2.65 bits per heavy atom. The summed E-state index contributed by atoms with van der Waals surface area (Å²) >= 11 is 12.8. The molecule has 2 unspecified atom stereocenters. The van der Waals surface area contributed by atoms with E-state index >= 15 is 0 Å². The van der Waals surface area contributed by atoms with Crippen molar-refractivity contribution in [3.8, 4) is 0 Å². The number of hydrogen-bond donors (Lipinski definition) is 1. The number of β-amino-alcohol motifs (C(OH)–C–C–N with tert-alkyl or cyclic N) is 1. The van der Waals surface area contributed by atoms with Crippen LogP contribution in [0.4, 0.5) is 0 Å². The van der Waals surface area contributed by atoms with Crippen LogP contribution in [0.1, 0.15) is 6.42 Å². The number of aliphatic hydroxyl groups is 1. The van der Waals surface area contributed by atoms with E-state index in [2.05, 4.69) is 0 Å². The van der Waals surface area contributed by atoms with Gasteiger partial charge in [0.1, 0.15) is 9.23 Å². The highest BCUT2D eigenvalue weighted by molar-refractivity contribution is 7.89. The molecule has 2 heterocycles. The van der Waals surface area contributed by atoms with Crippen LogP contribution in [0.2, 0.25) is 8.67 Å². The smallest absolute Gasteiger partial charge is 0.245 e. The lowest BCUT2D eigenvalue weighted by Gasteiger charge is -2.25. The highest BCUT2D eigenvalue weighted by atomic mass is 35.5. The van der Waals surface area contributed by atoms with Crippen LogP contribution in [0, 0.1) is 0 Å². The van der Waals surface area contributed by atoms with Crippen LogP contribution in [0.3, 0.4) is 0 Å². The van der Waals surface area contributed by atoms with Gasteiger partial charge in [-0.2, -0.15) is 4.31 Å². The van der Waals surface area contributed by atoms with Crippen LogP contribution in [0.15, 0.2) is 11.0 Å². The third kappa shape index (κ3) is 3.30. The van der Waals surface area contributed by atoms with E-state index in [-0.39, 0.29) is 21.8 Å². The molecule has 1 aromatic rings. The van der Waals surface area contributed by atoms with Gasteiger partial charge in [0, 0.05) is 19.1 Å².